The summed E-state index contributed by atoms with van der Waals surface area (Å²) in [6.45, 7) is 7.73. The first-order valence-electron chi connectivity index (χ1n) is 9.33. The van der Waals surface area contributed by atoms with Crippen molar-refractivity contribution in [1.82, 2.24) is 14.7 Å². The van der Waals surface area contributed by atoms with E-state index >= 15 is 0 Å². The van der Waals surface area contributed by atoms with Gasteiger partial charge in [0.25, 0.3) is 0 Å². The molecule has 8 heteroatoms. The first-order chi connectivity index (χ1) is 13.6. The van der Waals surface area contributed by atoms with Gasteiger partial charge in [-0.2, -0.15) is 5.10 Å². The molecule has 0 N–H and O–H groups in total. The fourth-order valence-corrected chi connectivity index (χ4v) is 3.63. The molecule has 28 heavy (non-hydrogen) atoms. The van der Waals surface area contributed by atoms with Crippen molar-refractivity contribution in [3.63, 3.8) is 0 Å². The minimum absolute atomic E-state index is 0.0643. The second-order valence-corrected chi connectivity index (χ2v) is 6.63. The lowest BCUT2D eigenvalue weighted by Crippen LogP contribution is -2.27. The highest BCUT2D eigenvalue weighted by atomic mass is 16.6. The molecule has 4 rings (SSSR count). The molecule has 0 aliphatic carbocycles. The number of rotatable bonds is 7. The topological polar surface area (TPSA) is 82.7 Å². The van der Waals surface area contributed by atoms with Gasteiger partial charge in [0.2, 0.25) is 5.75 Å². The number of nitro benzene ring substituents is 1. The zero-order valence-electron chi connectivity index (χ0n) is 16.1. The molecule has 1 aliphatic rings. The van der Waals surface area contributed by atoms with Gasteiger partial charge < -0.3 is 14.4 Å². The van der Waals surface area contributed by atoms with Crippen LogP contribution in [0, 0.1) is 10.1 Å². The maximum absolute atomic E-state index is 11.6. The van der Waals surface area contributed by atoms with E-state index in [1.165, 1.54) is 6.07 Å². The van der Waals surface area contributed by atoms with Gasteiger partial charge >= 0.3 is 5.69 Å². The van der Waals surface area contributed by atoms with Crippen LogP contribution in [-0.2, 0) is 6.54 Å². The summed E-state index contributed by atoms with van der Waals surface area (Å²) in [5.74, 6) is 1.38. The molecule has 3 aromatic rings. The summed E-state index contributed by atoms with van der Waals surface area (Å²) >= 11 is 0. The fraction of sp³-hybridized carbons (Fsp3) is 0.350. The number of hydrogen-bond acceptors (Lipinski definition) is 6. The van der Waals surface area contributed by atoms with Crippen molar-refractivity contribution >= 4 is 16.6 Å². The first-order valence-corrected chi connectivity index (χ1v) is 9.33. The molecule has 0 unspecified atom stereocenters. The van der Waals surface area contributed by atoms with Crippen LogP contribution in [0.1, 0.15) is 13.8 Å². The number of benzene rings is 2. The molecule has 146 valence electrons. The summed E-state index contributed by atoms with van der Waals surface area (Å²) in [5.41, 5.74) is 2.28. The van der Waals surface area contributed by atoms with Crippen molar-refractivity contribution in [3.8, 4) is 28.5 Å². The quantitative estimate of drug-likeness (QED) is 0.354. The van der Waals surface area contributed by atoms with Crippen LogP contribution in [0.15, 0.2) is 30.3 Å². The highest BCUT2D eigenvalue weighted by molar-refractivity contribution is 6.03. The lowest BCUT2D eigenvalue weighted by Gasteiger charge is -2.18. The van der Waals surface area contributed by atoms with Crippen molar-refractivity contribution in [1.29, 1.82) is 0 Å². The second-order valence-electron chi connectivity index (χ2n) is 6.63. The van der Waals surface area contributed by atoms with E-state index in [9.17, 15) is 10.1 Å². The van der Waals surface area contributed by atoms with Crippen LogP contribution >= 0.6 is 0 Å². The number of fused-ring (bicyclic) bond motifs is 2. The Morgan fingerprint density at radius 3 is 2.71 bits per heavy atom. The third-order valence-corrected chi connectivity index (χ3v) is 5.23. The molecule has 8 nitrogen and oxygen atoms in total. The summed E-state index contributed by atoms with van der Waals surface area (Å²) in [5, 5.41) is 17.1. The number of likely N-dealkylation sites (N-methyl/N-ethyl adjacent to an activating group) is 1. The molecule has 0 atom stereocenters. The van der Waals surface area contributed by atoms with Crippen LogP contribution < -0.4 is 9.47 Å². The molecule has 0 saturated heterocycles. The van der Waals surface area contributed by atoms with E-state index < -0.39 is 4.92 Å². The van der Waals surface area contributed by atoms with E-state index in [0.29, 0.717) is 29.1 Å². The molecule has 0 spiro atoms. The first kappa shape index (κ1) is 18.2. The molecule has 0 radical (unpaired) electrons. The van der Waals surface area contributed by atoms with Gasteiger partial charge in [0.1, 0.15) is 17.2 Å². The molecule has 2 aromatic carbocycles. The van der Waals surface area contributed by atoms with E-state index in [1.54, 1.807) is 19.2 Å². The van der Waals surface area contributed by atoms with Crippen LogP contribution in [0.2, 0.25) is 0 Å². The van der Waals surface area contributed by atoms with Crippen LogP contribution in [-0.4, -0.2) is 46.3 Å². The van der Waals surface area contributed by atoms with Crippen molar-refractivity contribution in [2.75, 3.05) is 26.7 Å². The maximum Gasteiger partial charge on any atom is 0.312 e. The number of ether oxygens (including phenoxy) is 2. The van der Waals surface area contributed by atoms with E-state index in [2.05, 4.69) is 18.7 Å². The van der Waals surface area contributed by atoms with Gasteiger partial charge in [0, 0.05) is 24.2 Å². The lowest BCUT2D eigenvalue weighted by molar-refractivity contribution is -0.385. The molecule has 0 fully saturated rings. The Kier molecular flexibility index (Phi) is 4.64. The minimum Gasteiger partial charge on any atom is -0.497 e. The summed E-state index contributed by atoms with van der Waals surface area (Å²) in [4.78, 5) is 13.5. The molecule has 1 aliphatic heterocycles. The Balaban J connectivity index is 1.88. The zero-order valence-corrected chi connectivity index (χ0v) is 16.1. The van der Waals surface area contributed by atoms with Gasteiger partial charge in [0.05, 0.1) is 29.5 Å². The SMILES string of the molecule is CCN(CC)CCn1nc2c3c(c([N+](=O)[O-])ccc31)Oc1cc(OC)ccc1-2. The van der Waals surface area contributed by atoms with Gasteiger partial charge in [-0.25, -0.2) is 0 Å². The monoisotopic (exact) mass is 382 g/mol. The molecule has 1 aromatic heterocycles. The molecule has 2 heterocycles. The van der Waals surface area contributed by atoms with Crippen LogP contribution in [0.25, 0.3) is 22.2 Å². The van der Waals surface area contributed by atoms with Gasteiger partial charge in [-0.05, 0) is 31.3 Å². The highest BCUT2D eigenvalue weighted by Gasteiger charge is 2.31. The average molecular weight is 382 g/mol. The summed E-state index contributed by atoms with van der Waals surface area (Å²) in [6.07, 6.45) is 0. The molecular weight excluding hydrogens is 360 g/mol. The van der Waals surface area contributed by atoms with Crippen LogP contribution in [0.4, 0.5) is 5.69 Å². The average Bonchev–Trinajstić information content (AvgIpc) is 3.08. The lowest BCUT2D eigenvalue weighted by atomic mass is 10.0. The van der Waals surface area contributed by atoms with Crippen LogP contribution in [0.3, 0.4) is 0 Å². The second kappa shape index (κ2) is 7.12. The molecule has 0 bridgehead atoms. The largest absolute Gasteiger partial charge is 0.497 e. The van der Waals surface area contributed by atoms with Gasteiger partial charge in [-0.1, -0.05) is 13.8 Å². The number of aromatic nitrogens is 2. The third-order valence-electron chi connectivity index (χ3n) is 5.23. The standard InChI is InChI=1S/C20H22N4O4/c1-4-22(5-2)10-11-23-15-8-9-16(24(25)26)20-18(15)19(21-23)14-7-6-13(27-3)12-17(14)28-20/h6-9,12H,4-5,10-11H2,1-3H3. The number of nitrogens with zero attached hydrogens (tertiary/aromatic N) is 4. The smallest absolute Gasteiger partial charge is 0.312 e. The number of hydrogen-bond donors (Lipinski definition) is 0. The number of nitro groups is 1. The Labute approximate surface area is 162 Å². The van der Waals surface area contributed by atoms with Gasteiger partial charge in [0.15, 0.2) is 0 Å². The molecular formula is C20H22N4O4. The van der Waals surface area contributed by atoms with Crippen molar-refractivity contribution in [2.45, 2.75) is 20.4 Å². The Morgan fingerprint density at radius 2 is 2.04 bits per heavy atom. The normalized spacial score (nSPS) is 12.1. The molecule has 0 amide bonds. The van der Waals surface area contributed by atoms with Crippen molar-refractivity contribution in [2.24, 2.45) is 0 Å². The van der Waals surface area contributed by atoms with Crippen LogP contribution in [0.5, 0.6) is 17.2 Å². The fourth-order valence-electron chi connectivity index (χ4n) is 3.63. The van der Waals surface area contributed by atoms with E-state index in [-0.39, 0.29) is 11.4 Å². The summed E-state index contributed by atoms with van der Waals surface area (Å²) < 4.78 is 13.2. The predicted octanol–water partition coefficient (Wildman–Crippen LogP) is 4.07. The maximum atomic E-state index is 11.6. The predicted molar refractivity (Wildman–Crippen MR) is 106 cm³/mol. The van der Waals surface area contributed by atoms with E-state index in [0.717, 1.165) is 30.7 Å². The van der Waals surface area contributed by atoms with E-state index in [4.69, 9.17) is 14.6 Å². The van der Waals surface area contributed by atoms with Crippen molar-refractivity contribution < 1.29 is 14.4 Å². The van der Waals surface area contributed by atoms with Gasteiger partial charge in [-0.3, -0.25) is 14.8 Å². The summed E-state index contributed by atoms with van der Waals surface area (Å²) in [7, 11) is 1.57. The Morgan fingerprint density at radius 1 is 1.25 bits per heavy atom. The zero-order chi connectivity index (χ0) is 19.8. The van der Waals surface area contributed by atoms with Crippen molar-refractivity contribution in [3.05, 3.63) is 40.4 Å². The summed E-state index contributed by atoms with van der Waals surface area (Å²) in [6, 6.07) is 8.70. The number of methoxy groups -OCH3 is 1. The Hall–Kier alpha value is -3.13. The third kappa shape index (κ3) is 2.86. The minimum atomic E-state index is -0.420. The van der Waals surface area contributed by atoms with Gasteiger partial charge in [-0.15, -0.1) is 0 Å². The van der Waals surface area contributed by atoms with E-state index in [1.807, 2.05) is 16.8 Å². The molecule has 0 saturated carbocycles. The Bertz CT molecular complexity index is 1060. The highest BCUT2D eigenvalue weighted by Crippen LogP contribution is 2.50.